The average Bonchev–Trinajstić information content (AvgIpc) is 2.93. The number of aromatic nitrogens is 3. The Morgan fingerprint density at radius 1 is 1.53 bits per heavy atom. The van der Waals surface area contributed by atoms with Gasteiger partial charge in [0.2, 0.25) is 5.91 Å². The summed E-state index contributed by atoms with van der Waals surface area (Å²) in [6.07, 6.45) is 2.87. The van der Waals surface area contributed by atoms with Crippen molar-refractivity contribution in [2.75, 3.05) is 0 Å². The molecule has 0 fully saturated rings. The Kier molecular flexibility index (Phi) is 3.89. The molecule has 1 unspecified atom stereocenters. The smallest absolute Gasteiger partial charge is 0.244 e. The molecule has 0 aliphatic rings. The maximum absolute atomic E-state index is 13.1. The van der Waals surface area contributed by atoms with Crippen molar-refractivity contribution in [3.8, 4) is 0 Å². The number of carbonyl (C=O) groups excluding carboxylic acids is 1. The third-order valence-electron chi connectivity index (χ3n) is 2.90. The Balaban J connectivity index is 1.95. The summed E-state index contributed by atoms with van der Waals surface area (Å²) in [6.45, 7) is 3.79. The maximum Gasteiger partial charge on any atom is 0.244 e. The van der Waals surface area contributed by atoms with Gasteiger partial charge in [-0.25, -0.2) is 14.1 Å². The first kappa shape index (κ1) is 13.2. The van der Waals surface area contributed by atoms with Gasteiger partial charge in [0.15, 0.2) is 0 Å². The lowest BCUT2D eigenvalue weighted by molar-refractivity contribution is -0.124. The van der Waals surface area contributed by atoms with E-state index in [-0.39, 0.29) is 11.7 Å². The molecule has 0 radical (unpaired) electrons. The fraction of sp³-hybridized carbons (Fsp3) is 0.308. The van der Waals surface area contributed by atoms with E-state index in [0.29, 0.717) is 12.1 Å². The van der Waals surface area contributed by atoms with E-state index in [1.54, 1.807) is 26.0 Å². The number of benzene rings is 1. The van der Waals surface area contributed by atoms with Gasteiger partial charge in [0.1, 0.15) is 24.5 Å². The highest BCUT2D eigenvalue weighted by atomic mass is 19.1. The van der Waals surface area contributed by atoms with E-state index in [1.165, 1.54) is 23.4 Å². The first-order valence-electron chi connectivity index (χ1n) is 5.95. The fourth-order valence-electron chi connectivity index (χ4n) is 1.69. The molecule has 6 heteroatoms. The summed E-state index contributed by atoms with van der Waals surface area (Å²) in [5.41, 5.74) is 1.43. The van der Waals surface area contributed by atoms with Crippen LogP contribution in [-0.2, 0) is 11.3 Å². The summed E-state index contributed by atoms with van der Waals surface area (Å²) in [6, 6.07) is 4.35. The molecule has 1 heterocycles. The number of nitrogens with zero attached hydrogens (tertiary/aromatic N) is 3. The Hall–Kier alpha value is -2.24. The van der Waals surface area contributed by atoms with Crippen LogP contribution in [-0.4, -0.2) is 20.7 Å². The average molecular weight is 262 g/mol. The second kappa shape index (κ2) is 5.60. The van der Waals surface area contributed by atoms with Gasteiger partial charge in [0.05, 0.1) is 0 Å². The maximum atomic E-state index is 13.1. The van der Waals surface area contributed by atoms with Crippen molar-refractivity contribution in [2.45, 2.75) is 26.4 Å². The van der Waals surface area contributed by atoms with E-state index in [9.17, 15) is 9.18 Å². The van der Waals surface area contributed by atoms with E-state index in [1.807, 2.05) is 0 Å². The van der Waals surface area contributed by atoms with Crippen LogP contribution < -0.4 is 5.32 Å². The molecule has 100 valence electrons. The molecule has 1 aromatic carbocycles. The normalized spacial score (nSPS) is 12.2. The van der Waals surface area contributed by atoms with Gasteiger partial charge >= 0.3 is 0 Å². The first-order valence-corrected chi connectivity index (χ1v) is 5.95. The topological polar surface area (TPSA) is 59.8 Å². The molecular formula is C13H15FN4O. The molecule has 1 aromatic heterocycles. The molecule has 2 aromatic rings. The largest absolute Gasteiger partial charge is 0.350 e. The fourth-order valence-corrected chi connectivity index (χ4v) is 1.69. The Bertz CT molecular complexity index is 568. The van der Waals surface area contributed by atoms with Gasteiger partial charge in [0, 0.05) is 6.54 Å². The van der Waals surface area contributed by atoms with Crippen molar-refractivity contribution in [1.29, 1.82) is 0 Å². The van der Waals surface area contributed by atoms with Crippen LogP contribution in [0.3, 0.4) is 0 Å². The lowest BCUT2D eigenvalue weighted by atomic mass is 10.1. The van der Waals surface area contributed by atoms with Crippen LogP contribution in [0.25, 0.3) is 0 Å². The van der Waals surface area contributed by atoms with Crippen LogP contribution >= 0.6 is 0 Å². The van der Waals surface area contributed by atoms with Crippen molar-refractivity contribution in [1.82, 2.24) is 20.1 Å². The SMILES string of the molecule is Cc1cc(CNC(=O)C(C)n2cncn2)ccc1F. The molecule has 2 rings (SSSR count). The molecular weight excluding hydrogens is 247 g/mol. The standard InChI is InChI=1S/C13H15FN4O/c1-9-5-11(3-4-12(9)14)6-16-13(19)10(2)18-8-15-7-17-18/h3-5,7-8,10H,6H2,1-2H3,(H,16,19). The number of hydrogen-bond acceptors (Lipinski definition) is 3. The highest BCUT2D eigenvalue weighted by Gasteiger charge is 2.14. The molecule has 1 N–H and O–H groups in total. The molecule has 1 atom stereocenters. The number of nitrogens with one attached hydrogen (secondary N) is 1. The predicted molar refractivity (Wildman–Crippen MR) is 67.7 cm³/mol. The van der Waals surface area contributed by atoms with Crippen LogP contribution in [0.4, 0.5) is 4.39 Å². The quantitative estimate of drug-likeness (QED) is 0.910. The van der Waals surface area contributed by atoms with Crippen molar-refractivity contribution in [2.24, 2.45) is 0 Å². The number of carbonyl (C=O) groups is 1. The summed E-state index contributed by atoms with van der Waals surface area (Å²) in [7, 11) is 0. The zero-order valence-electron chi connectivity index (χ0n) is 10.8. The third kappa shape index (κ3) is 3.15. The van der Waals surface area contributed by atoms with Crippen molar-refractivity contribution >= 4 is 5.91 Å². The molecule has 1 amide bonds. The lowest BCUT2D eigenvalue weighted by Crippen LogP contribution is -2.30. The summed E-state index contributed by atoms with van der Waals surface area (Å²) in [5.74, 6) is -0.404. The molecule has 0 saturated heterocycles. The van der Waals surface area contributed by atoms with Crippen LogP contribution in [0.2, 0.25) is 0 Å². The van der Waals surface area contributed by atoms with E-state index < -0.39 is 6.04 Å². The molecule has 19 heavy (non-hydrogen) atoms. The molecule has 5 nitrogen and oxygen atoms in total. The van der Waals surface area contributed by atoms with Gasteiger partial charge in [-0.05, 0) is 31.0 Å². The highest BCUT2D eigenvalue weighted by molar-refractivity contribution is 5.79. The number of amides is 1. The Morgan fingerprint density at radius 3 is 2.95 bits per heavy atom. The monoisotopic (exact) mass is 262 g/mol. The van der Waals surface area contributed by atoms with Crippen LogP contribution in [0.5, 0.6) is 0 Å². The molecule has 0 spiro atoms. The number of halogens is 1. The summed E-state index contributed by atoms with van der Waals surface area (Å²) in [4.78, 5) is 15.7. The summed E-state index contributed by atoms with van der Waals surface area (Å²) < 4.78 is 14.6. The number of aryl methyl sites for hydroxylation is 1. The van der Waals surface area contributed by atoms with Crippen molar-refractivity contribution in [3.05, 3.63) is 47.8 Å². The van der Waals surface area contributed by atoms with Crippen molar-refractivity contribution < 1.29 is 9.18 Å². The van der Waals surface area contributed by atoms with E-state index in [4.69, 9.17) is 0 Å². The predicted octanol–water partition coefficient (Wildman–Crippen LogP) is 1.60. The summed E-state index contributed by atoms with van der Waals surface area (Å²) in [5, 5.41) is 6.70. The minimum Gasteiger partial charge on any atom is -0.350 e. The van der Waals surface area contributed by atoms with Crippen LogP contribution in [0.1, 0.15) is 24.1 Å². The zero-order valence-corrected chi connectivity index (χ0v) is 10.8. The van der Waals surface area contributed by atoms with Gasteiger partial charge in [0.25, 0.3) is 0 Å². The van der Waals surface area contributed by atoms with Gasteiger partial charge in [-0.15, -0.1) is 0 Å². The highest BCUT2D eigenvalue weighted by Crippen LogP contribution is 2.09. The van der Waals surface area contributed by atoms with Gasteiger partial charge in [-0.2, -0.15) is 5.10 Å². The second-order valence-corrected chi connectivity index (χ2v) is 4.35. The Morgan fingerprint density at radius 2 is 2.32 bits per heavy atom. The molecule has 0 aliphatic carbocycles. The first-order chi connectivity index (χ1) is 9.08. The van der Waals surface area contributed by atoms with Gasteiger partial charge in [-0.3, -0.25) is 4.79 Å². The van der Waals surface area contributed by atoms with Gasteiger partial charge < -0.3 is 5.32 Å². The third-order valence-corrected chi connectivity index (χ3v) is 2.90. The minimum absolute atomic E-state index is 0.160. The lowest BCUT2D eigenvalue weighted by Gasteiger charge is -2.12. The molecule has 0 bridgehead atoms. The van der Waals surface area contributed by atoms with Crippen LogP contribution in [0, 0.1) is 12.7 Å². The zero-order chi connectivity index (χ0) is 13.8. The van der Waals surface area contributed by atoms with E-state index in [2.05, 4.69) is 15.4 Å². The van der Waals surface area contributed by atoms with Crippen molar-refractivity contribution in [3.63, 3.8) is 0 Å². The minimum atomic E-state index is -0.427. The van der Waals surface area contributed by atoms with E-state index >= 15 is 0 Å². The number of rotatable bonds is 4. The molecule has 0 saturated carbocycles. The van der Waals surface area contributed by atoms with E-state index in [0.717, 1.165) is 5.56 Å². The number of hydrogen-bond donors (Lipinski definition) is 1. The molecule has 0 aliphatic heterocycles. The summed E-state index contributed by atoms with van der Waals surface area (Å²) >= 11 is 0. The second-order valence-electron chi connectivity index (χ2n) is 4.35. The van der Waals surface area contributed by atoms with Crippen LogP contribution in [0.15, 0.2) is 30.9 Å². The van der Waals surface area contributed by atoms with Gasteiger partial charge in [-0.1, -0.05) is 12.1 Å². The Labute approximate surface area is 110 Å².